The summed E-state index contributed by atoms with van der Waals surface area (Å²) < 4.78 is 3.77. The van der Waals surface area contributed by atoms with Gasteiger partial charge >= 0.3 is 0 Å². The van der Waals surface area contributed by atoms with Crippen LogP contribution in [0.15, 0.2) is 29.6 Å². The molecule has 0 aliphatic rings. The molecule has 0 aliphatic carbocycles. The van der Waals surface area contributed by atoms with Gasteiger partial charge in [0.2, 0.25) is 5.91 Å². The summed E-state index contributed by atoms with van der Waals surface area (Å²) in [5, 5.41) is 8.51. The summed E-state index contributed by atoms with van der Waals surface area (Å²) in [5.74, 6) is -0.0677. The molecular formula is C12H11N3OS. The second kappa shape index (κ2) is 5.36. The van der Waals surface area contributed by atoms with Crippen LogP contribution >= 0.6 is 11.5 Å². The maximum Gasteiger partial charge on any atom is 0.221 e. The number of carbonyl (C=O) groups is 1. The first-order valence-corrected chi connectivity index (χ1v) is 5.90. The average molecular weight is 245 g/mol. The van der Waals surface area contributed by atoms with Gasteiger partial charge in [-0.25, -0.2) is 0 Å². The molecular weight excluding hydrogens is 234 g/mol. The highest BCUT2D eigenvalue weighted by molar-refractivity contribution is 7.03. The number of carbonyl (C=O) groups excluding carboxylic acids is 1. The molecule has 1 heterocycles. The van der Waals surface area contributed by atoms with Crippen molar-refractivity contribution < 1.29 is 4.79 Å². The third kappa shape index (κ3) is 3.49. The number of anilines is 1. The third-order valence-corrected chi connectivity index (χ3v) is 2.58. The monoisotopic (exact) mass is 245 g/mol. The van der Waals surface area contributed by atoms with Crippen LogP contribution in [0.3, 0.4) is 0 Å². The van der Waals surface area contributed by atoms with Crippen molar-refractivity contribution in [1.29, 1.82) is 0 Å². The van der Waals surface area contributed by atoms with Crippen molar-refractivity contribution in [1.82, 2.24) is 9.59 Å². The number of hydrogen-bond acceptors (Lipinski definition) is 4. The normalized spacial score (nSPS) is 10.6. The van der Waals surface area contributed by atoms with Gasteiger partial charge in [-0.15, -0.1) is 5.10 Å². The molecule has 0 unspecified atom stereocenters. The van der Waals surface area contributed by atoms with E-state index >= 15 is 0 Å². The quantitative estimate of drug-likeness (QED) is 0.904. The van der Waals surface area contributed by atoms with Crippen molar-refractivity contribution in [3.63, 3.8) is 0 Å². The van der Waals surface area contributed by atoms with Crippen LogP contribution in [0.1, 0.15) is 18.2 Å². The van der Waals surface area contributed by atoms with E-state index in [2.05, 4.69) is 14.9 Å². The van der Waals surface area contributed by atoms with Gasteiger partial charge in [0.15, 0.2) is 0 Å². The molecule has 4 nitrogen and oxygen atoms in total. The lowest BCUT2D eigenvalue weighted by atomic mass is 10.2. The molecule has 2 rings (SSSR count). The molecule has 17 heavy (non-hydrogen) atoms. The van der Waals surface area contributed by atoms with Gasteiger partial charge in [-0.2, -0.15) is 0 Å². The molecule has 0 saturated heterocycles. The molecule has 1 N–H and O–H groups in total. The zero-order valence-electron chi connectivity index (χ0n) is 9.25. The minimum Gasteiger partial charge on any atom is -0.326 e. The molecule has 1 aromatic carbocycles. The summed E-state index contributed by atoms with van der Waals surface area (Å²) in [6.45, 7) is 1.49. The highest BCUT2D eigenvalue weighted by Crippen LogP contribution is 2.12. The van der Waals surface area contributed by atoms with Crippen molar-refractivity contribution in [3.05, 3.63) is 40.9 Å². The molecule has 5 heteroatoms. The molecule has 0 radical (unpaired) electrons. The number of aromatic nitrogens is 2. The zero-order valence-corrected chi connectivity index (χ0v) is 10.1. The van der Waals surface area contributed by atoms with E-state index in [-0.39, 0.29) is 5.91 Å². The third-order valence-electron chi connectivity index (χ3n) is 2.05. The molecule has 86 valence electrons. The van der Waals surface area contributed by atoms with Gasteiger partial charge in [-0.05, 0) is 35.3 Å². The van der Waals surface area contributed by atoms with Crippen LogP contribution in [-0.2, 0) is 4.79 Å². The van der Waals surface area contributed by atoms with Crippen LogP contribution in [-0.4, -0.2) is 15.5 Å². The van der Waals surface area contributed by atoms with E-state index in [0.717, 1.165) is 16.9 Å². The second-order valence-corrected chi connectivity index (χ2v) is 4.08. The maximum absolute atomic E-state index is 10.8. The number of hydrogen-bond donors (Lipinski definition) is 1. The Morgan fingerprint density at radius 3 is 2.65 bits per heavy atom. The number of nitrogens with zero attached hydrogens (tertiary/aromatic N) is 2. The van der Waals surface area contributed by atoms with Gasteiger partial charge < -0.3 is 5.32 Å². The van der Waals surface area contributed by atoms with E-state index in [0.29, 0.717) is 0 Å². The van der Waals surface area contributed by atoms with Crippen LogP contribution in [0.5, 0.6) is 0 Å². The minimum atomic E-state index is -0.0677. The van der Waals surface area contributed by atoms with Crippen LogP contribution in [0.2, 0.25) is 0 Å². The second-order valence-electron chi connectivity index (χ2n) is 3.47. The Balaban J connectivity index is 2.05. The van der Waals surface area contributed by atoms with Crippen molar-refractivity contribution in [2.45, 2.75) is 6.92 Å². The fourth-order valence-electron chi connectivity index (χ4n) is 1.31. The van der Waals surface area contributed by atoms with E-state index in [1.165, 1.54) is 18.5 Å². The van der Waals surface area contributed by atoms with Crippen molar-refractivity contribution in [3.8, 4) is 0 Å². The molecule has 1 amide bonds. The lowest BCUT2D eigenvalue weighted by Crippen LogP contribution is -2.05. The number of benzene rings is 1. The van der Waals surface area contributed by atoms with Gasteiger partial charge in [-0.1, -0.05) is 22.7 Å². The molecule has 0 spiro atoms. The Morgan fingerprint density at radius 2 is 2.06 bits per heavy atom. The SMILES string of the molecule is CC(=O)Nc1ccc(C=Cc2csnn2)cc1. The molecule has 1 aromatic heterocycles. The highest BCUT2D eigenvalue weighted by Gasteiger charge is 1.94. The van der Waals surface area contributed by atoms with Crippen LogP contribution in [0, 0.1) is 0 Å². The average Bonchev–Trinajstić information content (AvgIpc) is 2.80. The van der Waals surface area contributed by atoms with Crippen molar-refractivity contribution in [2.24, 2.45) is 0 Å². The Labute approximate surface area is 103 Å². The van der Waals surface area contributed by atoms with E-state index in [4.69, 9.17) is 0 Å². The summed E-state index contributed by atoms with van der Waals surface area (Å²) in [4.78, 5) is 10.8. The first-order valence-electron chi connectivity index (χ1n) is 5.07. The summed E-state index contributed by atoms with van der Waals surface area (Å²) in [6.07, 6.45) is 3.85. The van der Waals surface area contributed by atoms with Crippen LogP contribution in [0.25, 0.3) is 12.2 Å². The molecule has 0 fully saturated rings. The standard InChI is InChI=1S/C12H11N3OS/c1-9(16)13-11-5-2-10(3-6-11)4-7-12-8-17-15-14-12/h2-8H,1H3,(H,13,16). The van der Waals surface area contributed by atoms with Crippen LogP contribution in [0.4, 0.5) is 5.69 Å². The summed E-state index contributed by atoms with van der Waals surface area (Å²) in [7, 11) is 0. The maximum atomic E-state index is 10.8. The Kier molecular flexibility index (Phi) is 3.62. The number of nitrogens with one attached hydrogen (secondary N) is 1. The number of rotatable bonds is 3. The predicted octanol–water partition coefficient (Wildman–Crippen LogP) is 2.67. The minimum absolute atomic E-state index is 0.0677. The van der Waals surface area contributed by atoms with Gasteiger partial charge in [-0.3, -0.25) is 4.79 Å². The number of amides is 1. The van der Waals surface area contributed by atoms with Crippen molar-refractivity contribution in [2.75, 3.05) is 5.32 Å². The van der Waals surface area contributed by atoms with Crippen molar-refractivity contribution >= 4 is 35.3 Å². The highest BCUT2D eigenvalue weighted by atomic mass is 32.1. The largest absolute Gasteiger partial charge is 0.326 e. The molecule has 0 saturated carbocycles. The molecule has 0 aliphatic heterocycles. The molecule has 0 atom stereocenters. The van der Waals surface area contributed by atoms with E-state index in [1.54, 1.807) is 0 Å². The Bertz CT molecular complexity index is 517. The van der Waals surface area contributed by atoms with E-state index in [1.807, 2.05) is 41.8 Å². The van der Waals surface area contributed by atoms with Crippen LogP contribution < -0.4 is 5.32 Å². The smallest absolute Gasteiger partial charge is 0.221 e. The van der Waals surface area contributed by atoms with Gasteiger partial charge in [0.25, 0.3) is 0 Å². The Hall–Kier alpha value is -2.01. The van der Waals surface area contributed by atoms with Gasteiger partial charge in [0.1, 0.15) is 0 Å². The summed E-state index contributed by atoms with van der Waals surface area (Å²) >= 11 is 1.32. The van der Waals surface area contributed by atoms with Gasteiger partial charge in [0.05, 0.1) is 5.69 Å². The fourth-order valence-corrected chi connectivity index (χ4v) is 1.73. The lowest BCUT2D eigenvalue weighted by molar-refractivity contribution is -0.114. The fraction of sp³-hybridized carbons (Fsp3) is 0.0833. The zero-order chi connectivity index (χ0) is 12.1. The first kappa shape index (κ1) is 11.5. The first-order chi connectivity index (χ1) is 8.24. The lowest BCUT2D eigenvalue weighted by Gasteiger charge is -2.01. The molecule has 0 bridgehead atoms. The van der Waals surface area contributed by atoms with E-state index < -0.39 is 0 Å². The summed E-state index contributed by atoms with van der Waals surface area (Å²) in [5.41, 5.74) is 2.69. The Morgan fingerprint density at radius 1 is 1.29 bits per heavy atom. The van der Waals surface area contributed by atoms with E-state index in [9.17, 15) is 4.79 Å². The van der Waals surface area contributed by atoms with Gasteiger partial charge in [0, 0.05) is 18.0 Å². The predicted molar refractivity (Wildman–Crippen MR) is 69.6 cm³/mol. The summed E-state index contributed by atoms with van der Waals surface area (Å²) in [6, 6.07) is 7.59. The molecule has 2 aromatic rings. The topological polar surface area (TPSA) is 54.9 Å².